The van der Waals surface area contributed by atoms with Crippen LogP contribution in [0.1, 0.15) is 20.8 Å². The number of rotatable bonds is 6. The van der Waals surface area contributed by atoms with Crippen molar-refractivity contribution in [1.29, 1.82) is 0 Å². The molecular weight excluding hydrogens is 485 g/mol. The number of ether oxygens (including phenoxy) is 1. The number of benzene rings is 2. The Morgan fingerprint density at radius 3 is 2.58 bits per heavy atom. The number of aryl methyl sites for hydroxylation is 1. The highest BCUT2D eigenvalue weighted by Crippen LogP contribution is 2.37. The lowest BCUT2D eigenvalue weighted by Gasteiger charge is -2.20. The number of hydrogen-bond acceptors (Lipinski definition) is 7. The number of nitrogens with zero attached hydrogens (tertiary/aromatic N) is 6. The third kappa shape index (κ3) is 5.24. The molecule has 10 heteroatoms. The van der Waals surface area contributed by atoms with Gasteiger partial charge in [0.1, 0.15) is 17.9 Å². The fourth-order valence-electron chi connectivity index (χ4n) is 4.02. The zero-order valence-electron chi connectivity index (χ0n) is 22.2. The van der Waals surface area contributed by atoms with E-state index in [1.807, 2.05) is 39.2 Å². The van der Waals surface area contributed by atoms with E-state index in [4.69, 9.17) is 4.74 Å². The van der Waals surface area contributed by atoms with Crippen molar-refractivity contribution in [3.05, 3.63) is 67.1 Å². The molecule has 9 nitrogen and oxygen atoms in total. The number of carbonyl (C=O) groups is 1. The van der Waals surface area contributed by atoms with Crippen LogP contribution in [0.15, 0.2) is 61.3 Å². The molecule has 0 aliphatic rings. The molecule has 2 aromatic carbocycles. The van der Waals surface area contributed by atoms with Gasteiger partial charge in [0.25, 0.3) is 5.91 Å². The third-order valence-corrected chi connectivity index (χ3v) is 5.80. The smallest absolute Gasteiger partial charge is 0.262 e. The summed E-state index contributed by atoms with van der Waals surface area (Å²) in [6.45, 7) is 5.68. The Labute approximate surface area is 220 Å². The molecular formula is C28H30FN7O2. The van der Waals surface area contributed by atoms with Crippen molar-refractivity contribution in [2.24, 2.45) is 7.05 Å². The maximum absolute atomic E-state index is 15.3. The first-order valence-electron chi connectivity index (χ1n) is 12.3. The molecule has 5 aromatic rings. The molecule has 0 fully saturated rings. The predicted molar refractivity (Wildman–Crippen MR) is 147 cm³/mol. The van der Waals surface area contributed by atoms with Gasteiger partial charge in [-0.3, -0.25) is 14.5 Å². The average molecular weight is 516 g/mol. The number of hydrogen-bond donors (Lipinski definition) is 1. The molecule has 0 saturated carbocycles. The topological polar surface area (TPSA) is 98.1 Å². The molecule has 1 N–H and O–H groups in total. The van der Waals surface area contributed by atoms with Gasteiger partial charge in [0.15, 0.2) is 11.9 Å². The lowest BCUT2D eigenvalue weighted by atomic mass is 10.1. The molecule has 3 heterocycles. The molecule has 0 radical (unpaired) electrons. The van der Waals surface area contributed by atoms with Crippen molar-refractivity contribution >= 4 is 39.2 Å². The van der Waals surface area contributed by atoms with Crippen molar-refractivity contribution in [2.45, 2.75) is 26.9 Å². The highest BCUT2D eigenvalue weighted by atomic mass is 19.1. The summed E-state index contributed by atoms with van der Waals surface area (Å²) in [5.74, 6) is 0.0896. The molecule has 1 amide bonds. The fourth-order valence-corrected chi connectivity index (χ4v) is 4.02. The highest BCUT2D eigenvalue weighted by Gasteiger charge is 2.21. The minimum Gasteiger partial charge on any atom is -0.480 e. The minimum atomic E-state index is -0.774. The average Bonchev–Trinajstić information content (AvgIpc) is 3.37. The fraction of sp³-hybridized carbons (Fsp3) is 0.250. The van der Waals surface area contributed by atoms with Gasteiger partial charge in [-0.1, -0.05) is 13.8 Å². The van der Waals surface area contributed by atoms with Gasteiger partial charge >= 0.3 is 0 Å². The summed E-state index contributed by atoms with van der Waals surface area (Å²) in [6, 6.07) is 10.4. The van der Waals surface area contributed by atoms with Crippen LogP contribution in [-0.4, -0.2) is 55.7 Å². The Morgan fingerprint density at radius 1 is 1.08 bits per heavy atom. The minimum absolute atomic E-state index is 0.200. The normalized spacial score (nSPS) is 11.6. The number of aromatic nitrogens is 5. The lowest BCUT2D eigenvalue weighted by Crippen LogP contribution is -2.35. The van der Waals surface area contributed by atoms with E-state index in [1.54, 1.807) is 62.4 Å². The maximum atomic E-state index is 15.3. The van der Waals surface area contributed by atoms with Gasteiger partial charge in [-0.05, 0) is 48.9 Å². The van der Waals surface area contributed by atoms with E-state index >= 15 is 4.39 Å². The zero-order chi connectivity index (χ0) is 27.4. The Bertz CT molecular complexity index is 1600. The first-order valence-corrected chi connectivity index (χ1v) is 12.3. The largest absolute Gasteiger partial charge is 0.480 e. The Balaban J connectivity index is 0.00000164. The van der Waals surface area contributed by atoms with Crippen LogP contribution in [-0.2, 0) is 11.8 Å². The second-order valence-corrected chi connectivity index (χ2v) is 8.61. The van der Waals surface area contributed by atoms with Gasteiger partial charge in [-0.15, -0.1) is 0 Å². The number of anilines is 2. The van der Waals surface area contributed by atoms with Gasteiger partial charge in [0.05, 0.1) is 28.3 Å². The van der Waals surface area contributed by atoms with Crippen LogP contribution >= 0.6 is 0 Å². The van der Waals surface area contributed by atoms with Gasteiger partial charge in [-0.25, -0.2) is 14.4 Å². The quantitative estimate of drug-likeness (QED) is 0.326. The lowest BCUT2D eigenvalue weighted by molar-refractivity contribution is -0.135. The number of halogens is 1. The predicted octanol–water partition coefficient (Wildman–Crippen LogP) is 5.34. The molecule has 0 aliphatic carbocycles. The summed E-state index contributed by atoms with van der Waals surface area (Å²) in [7, 11) is 5.16. The summed E-state index contributed by atoms with van der Waals surface area (Å²) in [5.41, 5.74) is 3.01. The third-order valence-electron chi connectivity index (χ3n) is 5.80. The standard InChI is InChI=1S/C26H24FN7O2.C2H6/c1-15(26(35)33(2)3)36-22-11-16(17-12-31-34(4)13-17)10-21-23(22)25(30-14-29-21)32-20-8-7-19-18(24(20)27)6-5-9-28-19;1-2/h5-15H,1-4H3,(H,29,30,32);1-2H3. The Kier molecular flexibility index (Phi) is 7.80. The maximum Gasteiger partial charge on any atom is 0.262 e. The summed E-state index contributed by atoms with van der Waals surface area (Å²) in [6.07, 6.45) is 5.85. The van der Waals surface area contributed by atoms with E-state index in [9.17, 15) is 4.79 Å². The van der Waals surface area contributed by atoms with Crippen LogP contribution in [0, 0.1) is 5.82 Å². The molecule has 0 spiro atoms. The molecule has 0 saturated heterocycles. The monoisotopic (exact) mass is 515 g/mol. The van der Waals surface area contributed by atoms with E-state index in [0.717, 1.165) is 11.1 Å². The van der Waals surface area contributed by atoms with Gasteiger partial charge in [0, 0.05) is 44.5 Å². The number of carbonyl (C=O) groups excluding carboxylic acids is 1. The number of fused-ring (bicyclic) bond motifs is 2. The SMILES string of the molecule is CC.CC(Oc1cc(-c2cnn(C)c2)cc2ncnc(Nc3ccc4ncccc4c3F)c12)C(=O)N(C)C. The van der Waals surface area contributed by atoms with Crippen molar-refractivity contribution < 1.29 is 13.9 Å². The van der Waals surface area contributed by atoms with E-state index in [0.29, 0.717) is 33.4 Å². The van der Waals surface area contributed by atoms with Crippen LogP contribution in [0.5, 0.6) is 5.75 Å². The Hall–Kier alpha value is -4.60. The molecule has 196 valence electrons. The van der Waals surface area contributed by atoms with Crippen molar-refractivity contribution in [2.75, 3.05) is 19.4 Å². The molecule has 5 rings (SSSR count). The molecule has 3 aromatic heterocycles. The summed E-state index contributed by atoms with van der Waals surface area (Å²) in [5, 5.41) is 8.25. The first-order chi connectivity index (χ1) is 18.3. The first kappa shape index (κ1) is 26.5. The second-order valence-electron chi connectivity index (χ2n) is 8.61. The van der Waals surface area contributed by atoms with E-state index in [1.165, 1.54) is 11.2 Å². The Morgan fingerprint density at radius 2 is 1.87 bits per heavy atom. The number of pyridine rings is 1. The molecule has 1 unspecified atom stereocenters. The van der Waals surface area contributed by atoms with Crippen molar-refractivity contribution in [3.8, 4) is 16.9 Å². The molecule has 0 bridgehead atoms. The van der Waals surface area contributed by atoms with Crippen molar-refractivity contribution in [1.82, 2.24) is 29.6 Å². The van der Waals surface area contributed by atoms with E-state index < -0.39 is 11.9 Å². The molecule has 38 heavy (non-hydrogen) atoms. The zero-order valence-corrected chi connectivity index (χ0v) is 22.2. The van der Waals surface area contributed by atoms with Crippen molar-refractivity contribution in [3.63, 3.8) is 0 Å². The van der Waals surface area contributed by atoms with Crippen LogP contribution in [0.2, 0.25) is 0 Å². The number of likely N-dealkylation sites (N-methyl/N-ethyl adjacent to an activating group) is 1. The van der Waals surface area contributed by atoms with Gasteiger partial charge in [-0.2, -0.15) is 5.10 Å². The van der Waals surface area contributed by atoms with Gasteiger partial charge in [0.2, 0.25) is 0 Å². The van der Waals surface area contributed by atoms with Gasteiger partial charge < -0.3 is 15.0 Å². The highest BCUT2D eigenvalue weighted by molar-refractivity contribution is 5.99. The molecule has 0 aliphatic heterocycles. The van der Waals surface area contributed by atoms with E-state index in [-0.39, 0.29) is 11.6 Å². The van der Waals surface area contributed by atoms with Crippen LogP contribution in [0.25, 0.3) is 32.9 Å². The summed E-state index contributed by atoms with van der Waals surface area (Å²) in [4.78, 5) is 27.1. The van der Waals surface area contributed by atoms with E-state index in [2.05, 4.69) is 25.4 Å². The van der Waals surface area contributed by atoms with Crippen LogP contribution < -0.4 is 10.1 Å². The van der Waals surface area contributed by atoms with Crippen LogP contribution in [0.3, 0.4) is 0 Å². The molecule has 1 atom stereocenters. The van der Waals surface area contributed by atoms with Crippen LogP contribution in [0.4, 0.5) is 15.9 Å². The summed E-state index contributed by atoms with van der Waals surface area (Å²) < 4.78 is 23.2. The number of amides is 1. The second kappa shape index (κ2) is 11.2. The number of nitrogens with one attached hydrogen (secondary N) is 1. The summed E-state index contributed by atoms with van der Waals surface area (Å²) >= 11 is 0.